The van der Waals surface area contributed by atoms with Crippen molar-refractivity contribution in [3.8, 4) is 5.69 Å². The van der Waals surface area contributed by atoms with Gasteiger partial charge in [-0.15, -0.1) is 10.2 Å². The largest absolute Gasteiger partial charge is 0.268 e. The maximum Gasteiger partial charge on any atom is 0.174 e. The second kappa shape index (κ2) is 5.81. The molecule has 3 heterocycles. The number of hydrogen-bond acceptors (Lipinski definition) is 4. The summed E-state index contributed by atoms with van der Waals surface area (Å²) in [4.78, 5) is 4.64. The fourth-order valence-corrected chi connectivity index (χ4v) is 3.99. The predicted molar refractivity (Wildman–Crippen MR) is 96.2 cm³/mol. The predicted octanol–water partition coefficient (Wildman–Crippen LogP) is 4.16. The minimum Gasteiger partial charge on any atom is -0.268 e. The van der Waals surface area contributed by atoms with Gasteiger partial charge < -0.3 is 0 Å². The second-order valence-electron chi connectivity index (χ2n) is 6.58. The summed E-state index contributed by atoms with van der Waals surface area (Å²) in [7, 11) is 0. The molecule has 1 aromatic carbocycles. The van der Waals surface area contributed by atoms with E-state index in [0.717, 1.165) is 28.2 Å². The van der Waals surface area contributed by atoms with E-state index < -0.39 is 0 Å². The summed E-state index contributed by atoms with van der Waals surface area (Å²) >= 11 is 6.32. The van der Waals surface area contributed by atoms with Crippen LogP contribution in [0.15, 0.2) is 36.8 Å². The second-order valence-corrected chi connectivity index (χ2v) is 6.98. The Morgan fingerprint density at radius 3 is 2.68 bits per heavy atom. The van der Waals surface area contributed by atoms with E-state index in [-0.39, 0.29) is 0 Å². The van der Waals surface area contributed by atoms with Gasteiger partial charge in [0.2, 0.25) is 0 Å². The van der Waals surface area contributed by atoms with Gasteiger partial charge in [-0.2, -0.15) is 5.10 Å². The van der Waals surface area contributed by atoms with Gasteiger partial charge in [0.25, 0.3) is 0 Å². The Labute approximate surface area is 149 Å². The maximum absolute atomic E-state index is 6.32. The van der Waals surface area contributed by atoms with Crippen molar-refractivity contribution < 1.29 is 0 Å². The standard InChI is InChI=1S/C18H17ClN6/c19-14-8-4-5-9-15(14)25-17-13(10-21-25)18-23-22-16(24(18)11-20-17)12-6-2-1-3-7-12/h4-5,8-12H,1-3,6-7H2. The number of aromatic nitrogens is 6. The Morgan fingerprint density at radius 1 is 1.00 bits per heavy atom. The molecule has 1 aliphatic carbocycles. The molecule has 1 saturated carbocycles. The van der Waals surface area contributed by atoms with Crippen molar-refractivity contribution in [3.63, 3.8) is 0 Å². The SMILES string of the molecule is Clc1ccccc1-n1ncc2c1ncn1c(C3CCCCC3)nnc21. The Hall–Kier alpha value is -2.47. The minimum atomic E-state index is 0.474. The van der Waals surface area contributed by atoms with E-state index in [1.165, 1.54) is 32.1 Å². The summed E-state index contributed by atoms with van der Waals surface area (Å²) in [5.74, 6) is 1.50. The first-order chi connectivity index (χ1) is 12.3. The van der Waals surface area contributed by atoms with Crippen LogP contribution in [0.25, 0.3) is 22.4 Å². The van der Waals surface area contributed by atoms with Crippen molar-refractivity contribution in [2.45, 2.75) is 38.0 Å². The van der Waals surface area contributed by atoms with E-state index >= 15 is 0 Å². The van der Waals surface area contributed by atoms with Gasteiger partial charge in [0.1, 0.15) is 12.2 Å². The van der Waals surface area contributed by atoms with Gasteiger partial charge in [-0.1, -0.05) is 43.0 Å². The quantitative estimate of drug-likeness (QED) is 0.543. The number of para-hydroxylation sites is 1. The molecule has 1 fully saturated rings. The first kappa shape index (κ1) is 14.8. The van der Waals surface area contributed by atoms with Crippen LogP contribution in [-0.4, -0.2) is 29.4 Å². The highest BCUT2D eigenvalue weighted by atomic mass is 35.5. The zero-order valence-corrected chi connectivity index (χ0v) is 14.4. The Balaban J connectivity index is 1.67. The van der Waals surface area contributed by atoms with E-state index in [0.29, 0.717) is 10.9 Å². The molecule has 0 radical (unpaired) electrons. The molecule has 5 rings (SSSR count). The number of hydrogen-bond donors (Lipinski definition) is 0. The van der Waals surface area contributed by atoms with Gasteiger partial charge in [-0.3, -0.25) is 4.40 Å². The lowest BCUT2D eigenvalue weighted by atomic mass is 9.89. The molecule has 6 nitrogen and oxygen atoms in total. The number of rotatable bonds is 2. The molecule has 0 unspecified atom stereocenters. The van der Waals surface area contributed by atoms with Gasteiger partial charge in [0, 0.05) is 5.92 Å². The van der Waals surface area contributed by atoms with Crippen LogP contribution >= 0.6 is 11.6 Å². The highest BCUT2D eigenvalue weighted by Gasteiger charge is 2.22. The third-order valence-corrected chi connectivity index (χ3v) is 5.37. The van der Waals surface area contributed by atoms with Gasteiger partial charge in [0.15, 0.2) is 11.3 Å². The summed E-state index contributed by atoms with van der Waals surface area (Å²) in [6, 6.07) is 7.61. The molecule has 25 heavy (non-hydrogen) atoms. The molecule has 4 aromatic rings. The number of halogens is 1. The van der Waals surface area contributed by atoms with Crippen molar-refractivity contribution in [2.24, 2.45) is 0 Å². The summed E-state index contributed by atoms with van der Waals surface area (Å²) < 4.78 is 3.78. The first-order valence-electron chi connectivity index (χ1n) is 8.65. The lowest BCUT2D eigenvalue weighted by Gasteiger charge is -2.19. The summed E-state index contributed by atoms with van der Waals surface area (Å²) in [5.41, 5.74) is 2.36. The Bertz CT molecular complexity index is 1060. The summed E-state index contributed by atoms with van der Waals surface area (Å²) in [5, 5.41) is 14.9. The molecule has 0 aliphatic heterocycles. The van der Waals surface area contributed by atoms with Gasteiger partial charge in [-0.25, -0.2) is 9.67 Å². The Morgan fingerprint density at radius 2 is 1.84 bits per heavy atom. The monoisotopic (exact) mass is 352 g/mol. The van der Waals surface area contributed by atoms with Crippen LogP contribution in [0.2, 0.25) is 5.02 Å². The van der Waals surface area contributed by atoms with Crippen molar-refractivity contribution >= 4 is 28.3 Å². The third kappa shape index (κ3) is 2.32. The molecular formula is C18H17ClN6. The zero-order valence-electron chi connectivity index (χ0n) is 13.6. The number of benzene rings is 1. The third-order valence-electron chi connectivity index (χ3n) is 5.05. The van der Waals surface area contributed by atoms with Gasteiger partial charge >= 0.3 is 0 Å². The molecule has 0 spiro atoms. The fraction of sp³-hybridized carbons (Fsp3) is 0.333. The maximum atomic E-state index is 6.32. The van der Waals surface area contributed by atoms with Crippen LogP contribution < -0.4 is 0 Å². The molecule has 126 valence electrons. The normalized spacial score (nSPS) is 16.0. The van der Waals surface area contributed by atoms with Crippen LogP contribution in [0.3, 0.4) is 0 Å². The molecular weight excluding hydrogens is 336 g/mol. The highest BCUT2D eigenvalue weighted by molar-refractivity contribution is 6.32. The molecule has 0 N–H and O–H groups in total. The van der Waals surface area contributed by atoms with Crippen LogP contribution in [0.5, 0.6) is 0 Å². The van der Waals surface area contributed by atoms with Crippen molar-refractivity contribution in [1.82, 2.24) is 29.4 Å². The molecule has 0 saturated heterocycles. The lowest BCUT2D eigenvalue weighted by Crippen LogP contribution is -2.09. The smallest absolute Gasteiger partial charge is 0.174 e. The van der Waals surface area contributed by atoms with Crippen LogP contribution in [0, 0.1) is 0 Å². The number of fused-ring (bicyclic) bond motifs is 3. The average Bonchev–Trinajstić information content (AvgIpc) is 3.26. The zero-order chi connectivity index (χ0) is 16.8. The molecule has 3 aromatic heterocycles. The van der Waals surface area contributed by atoms with Crippen LogP contribution in [0.1, 0.15) is 43.8 Å². The van der Waals surface area contributed by atoms with Crippen LogP contribution in [-0.2, 0) is 0 Å². The lowest BCUT2D eigenvalue weighted by molar-refractivity contribution is 0.426. The topological polar surface area (TPSA) is 60.9 Å². The van der Waals surface area contributed by atoms with Crippen molar-refractivity contribution in [1.29, 1.82) is 0 Å². The molecule has 0 bridgehead atoms. The van der Waals surface area contributed by atoms with E-state index in [2.05, 4.69) is 20.3 Å². The van der Waals surface area contributed by atoms with Crippen molar-refractivity contribution in [3.05, 3.63) is 47.6 Å². The molecule has 0 atom stereocenters. The van der Waals surface area contributed by atoms with Crippen molar-refractivity contribution in [2.75, 3.05) is 0 Å². The number of nitrogens with zero attached hydrogens (tertiary/aromatic N) is 6. The summed E-state index contributed by atoms with van der Waals surface area (Å²) in [6.45, 7) is 0. The van der Waals surface area contributed by atoms with Gasteiger partial charge in [-0.05, 0) is 25.0 Å². The summed E-state index contributed by atoms with van der Waals surface area (Å²) in [6.07, 6.45) is 9.81. The van der Waals surface area contributed by atoms with E-state index in [9.17, 15) is 0 Å². The van der Waals surface area contributed by atoms with E-state index in [1.807, 2.05) is 35.0 Å². The van der Waals surface area contributed by atoms with E-state index in [4.69, 9.17) is 11.6 Å². The first-order valence-corrected chi connectivity index (χ1v) is 9.03. The highest BCUT2D eigenvalue weighted by Crippen LogP contribution is 2.32. The fourth-order valence-electron chi connectivity index (χ4n) is 3.78. The van der Waals surface area contributed by atoms with E-state index in [1.54, 1.807) is 10.9 Å². The molecule has 1 aliphatic rings. The molecule has 7 heteroatoms. The Kier molecular flexibility index (Phi) is 3.45. The van der Waals surface area contributed by atoms with Gasteiger partial charge in [0.05, 0.1) is 22.3 Å². The van der Waals surface area contributed by atoms with Crippen LogP contribution in [0.4, 0.5) is 0 Å². The minimum absolute atomic E-state index is 0.474. The average molecular weight is 353 g/mol. The molecule has 0 amide bonds.